The van der Waals surface area contributed by atoms with E-state index in [1.807, 2.05) is 61.5 Å². The van der Waals surface area contributed by atoms with E-state index < -0.39 is 30.3 Å². The number of carbonyl (C=O) groups excluding carboxylic acids is 4. The van der Waals surface area contributed by atoms with Gasteiger partial charge < -0.3 is 10.1 Å². The number of nitrogens with one attached hydrogen (secondary N) is 1. The van der Waals surface area contributed by atoms with Gasteiger partial charge in [-0.25, -0.2) is 9.69 Å². The highest BCUT2D eigenvalue weighted by molar-refractivity contribution is 6.23. The molecule has 1 aliphatic heterocycles. The zero-order valence-electron chi connectivity index (χ0n) is 22.9. The molecule has 1 saturated heterocycles. The molecule has 3 aliphatic carbocycles. The number of benzene rings is 4. The fourth-order valence-corrected chi connectivity index (χ4v) is 7.00. The molecular formula is C35H28N2O5. The molecule has 1 fully saturated rings. The molecule has 1 N–H and O–H groups in total. The molecule has 4 aliphatic rings. The molecule has 0 unspecified atom stereocenters. The molecule has 3 atom stereocenters. The highest BCUT2D eigenvalue weighted by Crippen LogP contribution is 2.61. The number of amides is 3. The Morgan fingerprint density at radius 1 is 0.714 bits per heavy atom. The van der Waals surface area contributed by atoms with Crippen LogP contribution in [-0.2, 0) is 19.1 Å². The van der Waals surface area contributed by atoms with E-state index in [-0.39, 0.29) is 35.3 Å². The highest BCUT2D eigenvalue weighted by atomic mass is 16.5. The van der Waals surface area contributed by atoms with E-state index in [2.05, 4.69) is 29.6 Å². The van der Waals surface area contributed by atoms with Crippen LogP contribution in [0.15, 0.2) is 103 Å². The van der Waals surface area contributed by atoms with E-state index >= 15 is 0 Å². The molecule has 0 spiro atoms. The fraction of sp³-hybridized carbons (Fsp3) is 0.200. The molecule has 7 heteroatoms. The van der Waals surface area contributed by atoms with Crippen LogP contribution in [0.25, 0.3) is 0 Å². The van der Waals surface area contributed by atoms with Crippen molar-refractivity contribution < 1.29 is 23.9 Å². The molecule has 4 aromatic rings. The highest BCUT2D eigenvalue weighted by Gasteiger charge is 2.61. The number of carbonyl (C=O) groups is 4. The van der Waals surface area contributed by atoms with Gasteiger partial charge in [0.15, 0.2) is 6.61 Å². The van der Waals surface area contributed by atoms with Crippen LogP contribution >= 0.6 is 0 Å². The quantitative estimate of drug-likeness (QED) is 0.263. The number of hydrogen-bond acceptors (Lipinski definition) is 5. The van der Waals surface area contributed by atoms with E-state index in [9.17, 15) is 19.2 Å². The van der Waals surface area contributed by atoms with E-state index in [0.29, 0.717) is 5.69 Å². The third-order valence-electron chi connectivity index (χ3n) is 8.82. The molecule has 2 bridgehead atoms. The molecule has 208 valence electrons. The van der Waals surface area contributed by atoms with Crippen LogP contribution in [0.2, 0.25) is 0 Å². The van der Waals surface area contributed by atoms with Crippen LogP contribution in [-0.4, -0.2) is 30.3 Å². The van der Waals surface area contributed by atoms with Gasteiger partial charge in [0.2, 0.25) is 11.8 Å². The Hall–Kier alpha value is -5.04. The molecule has 0 radical (unpaired) electrons. The molecular weight excluding hydrogens is 528 g/mol. The third-order valence-corrected chi connectivity index (χ3v) is 8.82. The maximum atomic E-state index is 13.9. The Morgan fingerprint density at radius 3 is 1.69 bits per heavy atom. The minimum Gasteiger partial charge on any atom is -0.452 e. The Morgan fingerprint density at radius 2 is 1.19 bits per heavy atom. The summed E-state index contributed by atoms with van der Waals surface area (Å²) in [6, 6.07) is 31.7. The third kappa shape index (κ3) is 4.04. The van der Waals surface area contributed by atoms with Gasteiger partial charge in [0.1, 0.15) is 0 Å². The van der Waals surface area contributed by atoms with E-state index in [1.165, 1.54) is 17.0 Å². The molecule has 1 heterocycles. The first-order valence-electron chi connectivity index (χ1n) is 14.1. The number of ether oxygens (including phenoxy) is 1. The van der Waals surface area contributed by atoms with Crippen molar-refractivity contribution >= 4 is 29.4 Å². The van der Waals surface area contributed by atoms with Gasteiger partial charge in [0, 0.05) is 11.8 Å². The van der Waals surface area contributed by atoms with Gasteiger partial charge in [-0.2, -0.15) is 0 Å². The zero-order valence-corrected chi connectivity index (χ0v) is 22.9. The van der Waals surface area contributed by atoms with Crippen molar-refractivity contribution in [2.45, 2.75) is 24.8 Å². The molecule has 7 nitrogen and oxygen atoms in total. The summed E-state index contributed by atoms with van der Waals surface area (Å²) in [5.41, 5.74) is 6.05. The predicted octanol–water partition coefficient (Wildman–Crippen LogP) is 5.12. The lowest BCUT2D eigenvalue weighted by Crippen LogP contribution is -2.41. The molecule has 0 aromatic heterocycles. The zero-order chi connectivity index (χ0) is 29.0. The average Bonchev–Trinajstić information content (AvgIpc) is 3.30. The number of rotatable bonds is 6. The van der Waals surface area contributed by atoms with E-state index in [1.54, 1.807) is 12.1 Å². The minimum atomic E-state index is -0.666. The molecule has 3 amide bonds. The van der Waals surface area contributed by atoms with Crippen molar-refractivity contribution in [3.63, 3.8) is 0 Å². The van der Waals surface area contributed by atoms with Crippen molar-refractivity contribution in [3.8, 4) is 0 Å². The predicted molar refractivity (Wildman–Crippen MR) is 156 cm³/mol. The van der Waals surface area contributed by atoms with Crippen LogP contribution in [0.5, 0.6) is 0 Å². The van der Waals surface area contributed by atoms with Crippen molar-refractivity contribution in [1.29, 1.82) is 0 Å². The summed E-state index contributed by atoms with van der Waals surface area (Å²) in [7, 11) is 0. The molecule has 42 heavy (non-hydrogen) atoms. The van der Waals surface area contributed by atoms with Crippen LogP contribution in [0, 0.1) is 11.8 Å². The molecule has 4 aromatic carbocycles. The van der Waals surface area contributed by atoms with Gasteiger partial charge in [0.25, 0.3) is 5.91 Å². The first kappa shape index (κ1) is 25.9. The Bertz CT molecular complexity index is 1620. The average molecular weight is 557 g/mol. The number of hydrogen-bond donors (Lipinski definition) is 1. The monoisotopic (exact) mass is 556 g/mol. The van der Waals surface area contributed by atoms with Gasteiger partial charge in [-0.1, -0.05) is 78.9 Å². The number of anilines is 1. The Kier molecular flexibility index (Phi) is 6.23. The Balaban J connectivity index is 1.07. The molecule has 8 rings (SSSR count). The lowest BCUT2D eigenvalue weighted by molar-refractivity contribution is -0.125. The lowest BCUT2D eigenvalue weighted by Gasteiger charge is -2.45. The van der Waals surface area contributed by atoms with Gasteiger partial charge >= 0.3 is 5.97 Å². The number of imide groups is 1. The standard InChI is InChI=1S/C35H28N2O5/c1-20(21-9-3-2-4-10-21)36-28(38)19-42-35(41)22-15-17-23(18-16-22)37-33(39)31-29-24-11-5-6-12-25(24)30(32(31)34(37)40)27-14-8-7-13-26(27)29/h2-18,20,29-32H,19H2,1H3,(H,36,38)/t20-,29?,30?,31-,32-/m0/s1. The van der Waals surface area contributed by atoms with Crippen LogP contribution in [0.1, 0.15) is 63.0 Å². The van der Waals surface area contributed by atoms with Crippen molar-refractivity contribution in [2.75, 3.05) is 11.5 Å². The van der Waals surface area contributed by atoms with E-state index in [0.717, 1.165) is 27.8 Å². The number of nitrogens with zero attached hydrogens (tertiary/aromatic N) is 1. The number of esters is 1. The largest absolute Gasteiger partial charge is 0.452 e. The summed E-state index contributed by atoms with van der Waals surface area (Å²) < 4.78 is 5.22. The summed E-state index contributed by atoms with van der Waals surface area (Å²) >= 11 is 0. The Labute approximate surface area is 243 Å². The summed E-state index contributed by atoms with van der Waals surface area (Å²) in [5, 5.41) is 2.81. The lowest BCUT2D eigenvalue weighted by atomic mass is 9.55. The van der Waals surface area contributed by atoms with Gasteiger partial charge in [0.05, 0.1) is 29.1 Å². The minimum absolute atomic E-state index is 0.182. The van der Waals surface area contributed by atoms with Crippen molar-refractivity contribution in [3.05, 3.63) is 137 Å². The fourth-order valence-electron chi connectivity index (χ4n) is 7.00. The van der Waals surface area contributed by atoms with Gasteiger partial charge in [-0.05, 0) is 59.0 Å². The SMILES string of the molecule is C[C@H](NC(=O)COC(=O)c1ccc(N2C(=O)[C@H]3C4c5ccccc5C(c5ccccc54)[C@@H]3C2=O)cc1)c1ccccc1. The summed E-state index contributed by atoms with van der Waals surface area (Å²) in [6.07, 6.45) is 0. The second-order valence-electron chi connectivity index (χ2n) is 11.1. The van der Waals surface area contributed by atoms with Crippen molar-refractivity contribution in [1.82, 2.24) is 5.32 Å². The summed E-state index contributed by atoms with van der Waals surface area (Å²) in [6.45, 7) is 1.43. The van der Waals surface area contributed by atoms with Crippen molar-refractivity contribution in [2.24, 2.45) is 11.8 Å². The molecule has 0 saturated carbocycles. The van der Waals surface area contributed by atoms with Crippen LogP contribution < -0.4 is 10.2 Å². The second-order valence-corrected chi connectivity index (χ2v) is 11.1. The maximum Gasteiger partial charge on any atom is 0.338 e. The smallest absolute Gasteiger partial charge is 0.338 e. The second kappa shape index (κ2) is 10.1. The summed E-state index contributed by atoms with van der Waals surface area (Å²) in [5.74, 6) is -2.84. The maximum absolute atomic E-state index is 13.9. The first-order valence-corrected chi connectivity index (χ1v) is 14.1. The van der Waals surface area contributed by atoms with Gasteiger partial charge in [-0.15, -0.1) is 0 Å². The van der Waals surface area contributed by atoms with Crippen LogP contribution in [0.3, 0.4) is 0 Å². The van der Waals surface area contributed by atoms with Gasteiger partial charge in [-0.3, -0.25) is 14.4 Å². The van der Waals surface area contributed by atoms with Crippen LogP contribution in [0.4, 0.5) is 5.69 Å². The van der Waals surface area contributed by atoms with E-state index in [4.69, 9.17) is 4.74 Å². The normalized spacial score (nSPS) is 22.2. The topological polar surface area (TPSA) is 92.8 Å². The first-order chi connectivity index (χ1) is 20.4. The summed E-state index contributed by atoms with van der Waals surface area (Å²) in [4.78, 5) is 54.1.